The van der Waals surface area contributed by atoms with E-state index in [0.29, 0.717) is 0 Å². The van der Waals surface area contributed by atoms with Crippen LogP contribution in [0.5, 0.6) is 0 Å². The number of likely N-dealkylation sites (tertiary alicyclic amines) is 1. The quantitative estimate of drug-likeness (QED) is 0.713. The van der Waals surface area contributed by atoms with Crippen LogP contribution in [0.3, 0.4) is 0 Å². The van der Waals surface area contributed by atoms with Gasteiger partial charge in [0.2, 0.25) is 0 Å². The molecule has 3 rings (SSSR count). The molecule has 1 aromatic heterocycles. The molecular weight excluding hydrogens is 344 g/mol. The smallest absolute Gasteiger partial charge is 0.286 e. The summed E-state index contributed by atoms with van der Waals surface area (Å²) in [5, 5.41) is 2.90. The third kappa shape index (κ3) is 3.12. The number of halogens is 1. The molecule has 0 aliphatic carbocycles. The van der Waals surface area contributed by atoms with Crippen LogP contribution in [0.4, 0.5) is 0 Å². The van der Waals surface area contributed by atoms with Crippen molar-refractivity contribution < 1.29 is 4.79 Å². The highest BCUT2D eigenvalue weighted by Crippen LogP contribution is 2.33. The van der Waals surface area contributed by atoms with Crippen LogP contribution in [0.2, 0.25) is 0 Å². The summed E-state index contributed by atoms with van der Waals surface area (Å²) in [6.07, 6.45) is 5.62. The molecule has 19 heavy (non-hydrogen) atoms. The number of hydrogen-bond acceptors (Lipinski definition) is 4. The lowest BCUT2D eigenvalue weighted by molar-refractivity contribution is -0.113. The Morgan fingerprint density at radius 1 is 1.32 bits per heavy atom. The number of carbonyl (C=O) groups is 1. The molecule has 1 saturated heterocycles. The fourth-order valence-corrected chi connectivity index (χ4v) is 4.56. The minimum absolute atomic E-state index is 0.102. The minimum atomic E-state index is -0.102. The number of aliphatic imine (C=N–C) groups is 1. The molecule has 3 nitrogen and oxygen atoms in total. The predicted octanol–water partition coefficient (Wildman–Crippen LogP) is 3.97. The molecule has 0 bridgehead atoms. The van der Waals surface area contributed by atoms with E-state index in [-0.39, 0.29) is 5.91 Å². The molecule has 3 heterocycles. The lowest BCUT2D eigenvalue weighted by Gasteiger charge is -2.27. The van der Waals surface area contributed by atoms with Crippen molar-refractivity contribution in [3.63, 3.8) is 0 Å². The number of amides is 1. The van der Waals surface area contributed by atoms with E-state index in [1.54, 1.807) is 11.3 Å². The van der Waals surface area contributed by atoms with Gasteiger partial charge in [0.1, 0.15) is 0 Å². The van der Waals surface area contributed by atoms with Crippen LogP contribution in [0.15, 0.2) is 25.8 Å². The summed E-state index contributed by atoms with van der Waals surface area (Å²) in [6.45, 7) is 2.05. The van der Waals surface area contributed by atoms with Crippen molar-refractivity contribution in [3.05, 3.63) is 25.7 Å². The van der Waals surface area contributed by atoms with E-state index in [1.165, 1.54) is 31.0 Å². The second kappa shape index (κ2) is 5.81. The van der Waals surface area contributed by atoms with Gasteiger partial charge < -0.3 is 4.90 Å². The standard InChI is InChI=1S/C13H13BrN2OS2/c14-9-6-10(18-8-9)7-11-12(17)15-13(19-11)16-4-2-1-3-5-16/h6-8H,1-5H2. The average molecular weight is 357 g/mol. The third-order valence-corrected chi connectivity index (χ3v) is 5.78. The molecule has 0 aromatic carbocycles. The van der Waals surface area contributed by atoms with Crippen molar-refractivity contribution >= 4 is 56.2 Å². The molecule has 0 spiro atoms. The molecule has 0 saturated carbocycles. The van der Waals surface area contributed by atoms with E-state index >= 15 is 0 Å². The number of thioether (sulfide) groups is 1. The van der Waals surface area contributed by atoms with E-state index in [1.807, 2.05) is 17.5 Å². The Bertz CT molecular complexity index is 559. The molecular formula is C13H13BrN2OS2. The molecule has 1 fully saturated rings. The lowest BCUT2D eigenvalue weighted by atomic mass is 10.1. The van der Waals surface area contributed by atoms with E-state index in [4.69, 9.17) is 0 Å². The zero-order valence-electron chi connectivity index (χ0n) is 10.3. The molecule has 0 N–H and O–H groups in total. The number of carbonyl (C=O) groups excluding carboxylic acids is 1. The Labute approximate surface area is 128 Å². The van der Waals surface area contributed by atoms with Crippen molar-refractivity contribution in [2.75, 3.05) is 13.1 Å². The fraction of sp³-hybridized carbons (Fsp3) is 0.385. The van der Waals surface area contributed by atoms with Gasteiger partial charge in [0, 0.05) is 27.8 Å². The first-order valence-electron chi connectivity index (χ1n) is 6.24. The van der Waals surface area contributed by atoms with Crippen LogP contribution in [0.25, 0.3) is 6.08 Å². The number of piperidine rings is 1. The first-order chi connectivity index (χ1) is 9.22. The normalized spacial score (nSPS) is 22.2. The van der Waals surface area contributed by atoms with Gasteiger partial charge in [-0.3, -0.25) is 4.79 Å². The zero-order valence-corrected chi connectivity index (χ0v) is 13.5. The molecule has 0 radical (unpaired) electrons. The van der Waals surface area contributed by atoms with Gasteiger partial charge in [0.25, 0.3) is 5.91 Å². The van der Waals surface area contributed by atoms with E-state index in [9.17, 15) is 4.79 Å². The van der Waals surface area contributed by atoms with Crippen LogP contribution < -0.4 is 0 Å². The summed E-state index contributed by atoms with van der Waals surface area (Å²) in [7, 11) is 0. The van der Waals surface area contributed by atoms with Crippen LogP contribution in [0, 0.1) is 0 Å². The summed E-state index contributed by atoms with van der Waals surface area (Å²) in [4.78, 5) is 20.2. The maximum absolute atomic E-state index is 11.9. The molecule has 1 aromatic rings. The number of amidine groups is 1. The molecule has 2 aliphatic heterocycles. The van der Waals surface area contributed by atoms with Gasteiger partial charge in [-0.2, -0.15) is 4.99 Å². The first-order valence-corrected chi connectivity index (χ1v) is 8.73. The first kappa shape index (κ1) is 13.4. The highest BCUT2D eigenvalue weighted by atomic mass is 79.9. The molecule has 0 atom stereocenters. The monoisotopic (exact) mass is 356 g/mol. The summed E-state index contributed by atoms with van der Waals surface area (Å²) in [5.41, 5.74) is 0. The van der Waals surface area contributed by atoms with E-state index in [0.717, 1.165) is 32.5 Å². The highest BCUT2D eigenvalue weighted by Gasteiger charge is 2.26. The second-order valence-corrected chi connectivity index (χ2v) is 7.39. The van der Waals surface area contributed by atoms with E-state index in [2.05, 4.69) is 25.8 Å². The SMILES string of the molecule is O=C1N=C(N2CCCCC2)SC1=Cc1cc(Br)cs1. The van der Waals surface area contributed by atoms with Gasteiger partial charge in [-0.05, 0) is 59.1 Å². The largest absolute Gasteiger partial charge is 0.351 e. The van der Waals surface area contributed by atoms with E-state index < -0.39 is 0 Å². The van der Waals surface area contributed by atoms with Crippen molar-refractivity contribution in [2.24, 2.45) is 4.99 Å². The third-order valence-electron chi connectivity index (χ3n) is 3.10. The Kier molecular flexibility index (Phi) is 4.10. The van der Waals surface area contributed by atoms with Crippen LogP contribution in [-0.4, -0.2) is 29.1 Å². The maximum atomic E-state index is 11.9. The van der Waals surface area contributed by atoms with Gasteiger partial charge in [-0.15, -0.1) is 11.3 Å². The molecule has 0 unspecified atom stereocenters. The molecule has 100 valence electrons. The van der Waals surface area contributed by atoms with Crippen LogP contribution in [0.1, 0.15) is 24.1 Å². The Morgan fingerprint density at radius 3 is 2.79 bits per heavy atom. The number of rotatable bonds is 1. The molecule has 2 aliphatic rings. The molecule has 1 amide bonds. The number of nitrogens with zero attached hydrogens (tertiary/aromatic N) is 2. The number of thiophene rings is 1. The second-order valence-electron chi connectivity index (χ2n) is 4.53. The Hall–Kier alpha value is -0.590. The summed E-state index contributed by atoms with van der Waals surface area (Å²) in [6, 6.07) is 2.02. The van der Waals surface area contributed by atoms with Crippen LogP contribution in [-0.2, 0) is 4.79 Å². The summed E-state index contributed by atoms with van der Waals surface area (Å²) in [5.74, 6) is -0.102. The lowest BCUT2D eigenvalue weighted by Crippen LogP contribution is -2.33. The highest BCUT2D eigenvalue weighted by molar-refractivity contribution is 9.10. The van der Waals surface area contributed by atoms with Gasteiger partial charge in [0.15, 0.2) is 5.17 Å². The Morgan fingerprint density at radius 2 is 2.11 bits per heavy atom. The summed E-state index contributed by atoms with van der Waals surface area (Å²) >= 11 is 6.55. The van der Waals surface area contributed by atoms with Gasteiger partial charge in [-0.1, -0.05) is 0 Å². The van der Waals surface area contributed by atoms with Crippen molar-refractivity contribution in [1.82, 2.24) is 4.90 Å². The van der Waals surface area contributed by atoms with Crippen molar-refractivity contribution in [2.45, 2.75) is 19.3 Å². The number of hydrogen-bond donors (Lipinski definition) is 0. The van der Waals surface area contributed by atoms with Crippen molar-refractivity contribution in [3.8, 4) is 0 Å². The predicted molar refractivity (Wildman–Crippen MR) is 85.5 cm³/mol. The summed E-state index contributed by atoms with van der Waals surface area (Å²) < 4.78 is 1.05. The average Bonchev–Trinajstić information content (AvgIpc) is 2.98. The van der Waals surface area contributed by atoms with Crippen molar-refractivity contribution in [1.29, 1.82) is 0 Å². The van der Waals surface area contributed by atoms with Crippen LogP contribution >= 0.6 is 39.0 Å². The van der Waals surface area contributed by atoms with Gasteiger partial charge in [0.05, 0.1) is 4.91 Å². The maximum Gasteiger partial charge on any atom is 0.286 e. The molecule has 6 heteroatoms. The minimum Gasteiger partial charge on any atom is -0.351 e. The van der Waals surface area contributed by atoms with Gasteiger partial charge in [-0.25, -0.2) is 0 Å². The fourth-order valence-electron chi connectivity index (χ4n) is 2.15. The Balaban J connectivity index is 1.74. The topological polar surface area (TPSA) is 32.7 Å². The van der Waals surface area contributed by atoms with Gasteiger partial charge >= 0.3 is 0 Å². The zero-order chi connectivity index (χ0) is 13.2.